The number of esters is 2. The summed E-state index contributed by atoms with van der Waals surface area (Å²) in [5.41, 5.74) is 0. The molecule has 0 heterocycles. The van der Waals surface area contributed by atoms with E-state index in [0.717, 1.165) is 0 Å². The summed E-state index contributed by atoms with van der Waals surface area (Å²) in [5, 5.41) is 0.416. The Morgan fingerprint density at radius 2 is 1.48 bits per heavy atom. The fraction of sp³-hybridized carbons (Fsp3) is 0.125. The molecule has 0 aliphatic carbocycles. The molecule has 0 fully saturated rings. The van der Waals surface area contributed by atoms with Gasteiger partial charge in [-0.3, -0.25) is 9.59 Å². The van der Waals surface area contributed by atoms with Crippen LogP contribution in [0.15, 0.2) is 36.4 Å². The maximum atomic E-state index is 11.0. The second-order valence-electron chi connectivity index (χ2n) is 4.45. The molecular weight excluding hydrogens is 343 g/mol. The van der Waals surface area contributed by atoms with Crippen molar-refractivity contribution in [2.24, 2.45) is 0 Å². The average molecular weight is 355 g/mol. The maximum Gasteiger partial charge on any atom is 0.308 e. The molecule has 0 aliphatic rings. The smallest absolute Gasteiger partial charge is 0.308 e. The molecule has 7 heteroatoms. The number of hydrogen-bond donors (Lipinski definition) is 0. The second kappa shape index (κ2) is 7.35. The van der Waals surface area contributed by atoms with E-state index in [1.54, 1.807) is 24.3 Å². The molecule has 5 nitrogen and oxygen atoms in total. The number of halogens is 2. The zero-order chi connectivity index (χ0) is 17.0. The molecule has 120 valence electrons. The summed E-state index contributed by atoms with van der Waals surface area (Å²) >= 11 is 12.1. The molecule has 0 N–H and O–H groups in total. The van der Waals surface area contributed by atoms with Gasteiger partial charge in [-0.15, -0.1) is 0 Å². The molecule has 0 saturated carbocycles. The molecule has 0 unspecified atom stereocenters. The summed E-state index contributed by atoms with van der Waals surface area (Å²) in [6.07, 6.45) is 0. The van der Waals surface area contributed by atoms with Gasteiger partial charge in [0.05, 0.1) is 5.02 Å². The van der Waals surface area contributed by atoms with Crippen molar-refractivity contribution in [2.45, 2.75) is 13.8 Å². The Labute approximate surface area is 142 Å². The van der Waals surface area contributed by atoms with Crippen molar-refractivity contribution in [3.63, 3.8) is 0 Å². The van der Waals surface area contributed by atoms with Crippen LogP contribution in [0, 0.1) is 0 Å². The first-order valence-corrected chi connectivity index (χ1v) is 7.25. The number of rotatable bonds is 4. The van der Waals surface area contributed by atoms with Crippen LogP contribution in [0.25, 0.3) is 0 Å². The first-order chi connectivity index (χ1) is 10.9. The van der Waals surface area contributed by atoms with Gasteiger partial charge < -0.3 is 14.2 Å². The van der Waals surface area contributed by atoms with Crippen molar-refractivity contribution >= 4 is 35.1 Å². The monoisotopic (exact) mass is 354 g/mol. The highest BCUT2D eigenvalue weighted by atomic mass is 35.5. The van der Waals surface area contributed by atoms with Crippen molar-refractivity contribution in [1.29, 1.82) is 0 Å². The maximum absolute atomic E-state index is 11.0. The SMILES string of the molecule is CC(=O)Oc1cc(Oc2cccc(OC(C)=O)c2Cl)ccc1Cl. The number of benzene rings is 2. The fourth-order valence-electron chi connectivity index (χ4n) is 1.71. The lowest BCUT2D eigenvalue weighted by molar-refractivity contribution is -0.132. The lowest BCUT2D eigenvalue weighted by atomic mass is 10.3. The van der Waals surface area contributed by atoms with E-state index in [4.69, 9.17) is 37.4 Å². The summed E-state index contributed by atoms with van der Waals surface area (Å²) in [6, 6.07) is 9.35. The molecule has 0 amide bonds. The van der Waals surface area contributed by atoms with Gasteiger partial charge in [-0.25, -0.2) is 0 Å². The van der Waals surface area contributed by atoms with E-state index >= 15 is 0 Å². The summed E-state index contributed by atoms with van der Waals surface area (Å²) < 4.78 is 15.6. The third kappa shape index (κ3) is 4.61. The standard InChI is InChI=1S/C16H12Cl2O5/c1-9(19)21-13-4-3-5-14(16(13)18)23-11-6-7-12(17)15(8-11)22-10(2)20/h3-8H,1-2H3. The van der Waals surface area contributed by atoms with Crippen LogP contribution in [-0.4, -0.2) is 11.9 Å². The Kier molecular flexibility index (Phi) is 5.47. The van der Waals surface area contributed by atoms with E-state index < -0.39 is 11.9 Å². The van der Waals surface area contributed by atoms with Crippen LogP contribution in [0.4, 0.5) is 0 Å². The van der Waals surface area contributed by atoms with Crippen LogP contribution in [0.5, 0.6) is 23.0 Å². The van der Waals surface area contributed by atoms with Crippen LogP contribution < -0.4 is 14.2 Å². The van der Waals surface area contributed by atoms with Crippen LogP contribution in [-0.2, 0) is 9.59 Å². The van der Waals surface area contributed by atoms with E-state index in [1.165, 1.54) is 26.0 Å². The molecule has 0 bridgehead atoms. The highest BCUT2D eigenvalue weighted by molar-refractivity contribution is 6.33. The molecule has 23 heavy (non-hydrogen) atoms. The van der Waals surface area contributed by atoms with E-state index in [-0.39, 0.29) is 27.3 Å². The molecule has 0 atom stereocenters. The summed E-state index contributed by atoms with van der Waals surface area (Å²) in [6.45, 7) is 2.54. The van der Waals surface area contributed by atoms with Gasteiger partial charge in [0.2, 0.25) is 0 Å². The van der Waals surface area contributed by atoms with Gasteiger partial charge in [0.25, 0.3) is 0 Å². The van der Waals surface area contributed by atoms with Crippen LogP contribution in [0.2, 0.25) is 10.0 Å². The quantitative estimate of drug-likeness (QED) is 0.591. The molecule has 2 aromatic rings. The Morgan fingerprint density at radius 1 is 0.870 bits per heavy atom. The minimum atomic E-state index is -0.501. The van der Waals surface area contributed by atoms with Gasteiger partial charge in [-0.1, -0.05) is 29.3 Å². The van der Waals surface area contributed by atoms with Gasteiger partial charge in [0.15, 0.2) is 11.5 Å². The summed E-state index contributed by atoms with van der Waals surface area (Å²) in [4.78, 5) is 22.1. The van der Waals surface area contributed by atoms with Gasteiger partial charge in [0, 0.05) is 19.9 Å². The van der Waals surface area contributed by atoms with E-state index in [0.29, 0.717) is 5.75 Å². The third-order valence-corrected chi connectivity index (χ3v) is 3.25. The number of ether oxygens (including phenoxy) is 3. The predicted octanol–water partition coefficient (Wildman–Crippen LogP) is 4.64. The zero-order valence-corrected chi connectivity index (χ0v) is 13.8. The Balaban J connectivity index is 2.29. The van der Waals surface area contributed by atoms with Gasteiger partial charge in [-0.05, 0) is 24.3 Å². The van der Waals surface area contributed by atoms with E-state index in [2.05, 4.69) is 0 Å². The topological polar surface area (TPSA) is 61.8 Å². The van der Waals surface area contributed by atoms with Gasteiger partial charge >= 0.3 is 11.9 Å². The second-order valence-corrected chi connectivity index (χ2v) is 5.24. The molecule has 2 aromatic carbocycles. The zero-order valence-electron chi connectivity index (χ0n) is 12.3. The van der Waals surface area contributed by atoms with Crippen LogP contribution >= 0.6 is 23.2 Å². The molecule has 0 spiro atoms. The lowest BCUT2D eigenvalue weighted by Crippen LogP contribution is -2.02. The molecule has 0 saturated heterocycles. The predicted molar refractivity (Wildman–Crippen MR) is 85.6 cm³/mol. The van der Waals surface area contributed by atoms with E-state index in [1.807, 2.05) is 0 Å². The summed E-state index contributed by atoms with van der Waals surface area (Å²) in [7, 11) is 0. The Bertz CT molecular complexity index is 758. The summed E-state index contributed by atoms with van der Waals surface area (Å²) in [5.74, 6) is -0.00423. The average Bonchev–Trinajstić information content (AvgIpc) is 2.46. The third-order valence-electron chi connectivity index (χ3n) is 2.57. The van der Waals surface area contributed by atoms with Crippen LogP contribution in [0.3, 0.4) is 0 Å². The van der Waals surface area contributed by atoms with Crippen LogP contribution in [0.1, 0.15) is 13.8 Å². The molecule has 2 rings (SSSR count). The first kappa shape index (κ1) is 17.1. The lowest BCUT2D eigenvalue weighted by Gasteiger charge is -2.12. The largest absolute Gasteiger partial charge is 0.456 e. The minimum Gasteiger partial charge on any atom is -0.456 e. The first-order valence-electron chi connectivity index (χ1n) is 6.49. The van der Waals surface area contributed by atoms with Crippen molar-refractivity contribution in [3.05, 3.63) is 46.4 Å². The number of carbonyl (C=O) groups is 2. The van der Waals surface area contributed by atoms with Crippen molar-refractivity contribution < 1.29 is 23.8 Å². The Morgan fingerprint density at radius 3 is 2.13 bits per heavy atom. The van der Waals surface area contributed by atoms with Crippen molar-refractivity contribution in [3.8, 4) is 23.0 Å². The minimum absolute atomic E-state index is 0.145. The van der Waals surface area contributed by atoms with Gasteiger partial charge in [0.1, 0.15) is 16.5 Å². The van der Waals surface area contributed by atoms with E-state index in [9.17, 15) is 9.59 Å². The highest BCUT2D eigenvalue weighted by Crippen LogP contribution is 2.38. The Hall–Kier alpha value is -2.24. The molecule has 0 aromatic heterocycles. The van der Waals surface area contributed by atoms with Crippen molar-refractivity contribution in [2.75, 3.05) is 0 Å². The molecular formula is C16H12Cl2O5. The fourth-order valence-corrected chi connectivity index (χ4v) is 2.07. The highest BCUT2D eigenvalue weighted by Gasteiger charge is 2.13. The van der Waals surface area contributed by atoms with Crippen molar-refractivity contribution in [1.82, 2.24) is 0 Å². The number of hydrogen-bond acceptors (Lipinski definition) is 5. The normalized spacial score (nSPS) is 10.1. The molecule has 0 aliphatic heterocycles. The molecule has 0 radical (unpaired) electrons. The van der Waals surface area contributed by atoms with Gasteiger partial charge in [-0.2, -0.15) is 0 Å². The number of carbonyl (C=O) groups excluding carboxylic acids is 2.